The van der Waals surface area contributed by atoms with Gasteiger partial charge in [-0.2, -0.15) is 10.2 Å². The zero-order valence-corrected chi connectivity index (χ0v) is 10.9. The second kappa shape index (κ2) is 5.11. The van der Waals surface area contributed by atoms with Crippen LogP contribution in [0.3, 0.4) is 0 Å². The van der Waals surface area contributed by atoms with Gasteiger partial charge in [-0.15, -0.1) is 0 Å². The van der Waals surface area contributed by atoms with Crippen LogP contribution in [0, 0.1) is 11.3 Å². The van der Waals surface area contributed by atoms with Gasteiger partial charge in [-0.25, -0.2) is 4.98 Å². The van der Waals surface area contributed by atoms with Crippen LogP contribution in [0.2, 0.25) is 5.02 Å². The van der Waals surface area contributed by atoms with Crippen molar-refractivity contribution in [3.8, 4) is 28.9 Å². The average molecular weight is 283 g/mol. The van der Waals surface area contributed by atoms with Crippen LogP contribution < -0.4 is 0 Å². The van der Waals surface area contributed by atoms with Gasteiger partial charge < -0.3 is 4.52 Å². The number of benzene rings is 1. The summed E-state index contributed by atoms with van der Waals surface area (Å²) in [6.07, 6.45) is 1.53. The first-order valence-electron chi connectivity index (χ1n) is 5.72. The molecule has 2 heterocycles. The van der Waals surface area contributed by atoms with Crippen LogP contribution >= 0.6 is 11.6 Å². The summed E-state index contributed by atoms with van der Waals surface area (Å²) in [5.41, 5.74) is 1.76. The van der Waals surface area contributed by atoms with Crippen molar-refractivity contribution in [2.24, 2.45) is 0 Å². The smallest absolute Gasteiger partial charge is 0.258 e. The van der Waals surface area contributed by atoms with Gasteiger partial charge in [0.05, 0.1) is 0 Å². The molecular weight excluding hydrogens is 276 g/mol. The molecule has 3 aromatic rings. The third-order valence-electron chi connectivity index (χ3n) is 2.65. The molecule has 0 aliphatic rings. The largest absolute Gasteiger partial charge is 0.334 e. The second-order valence-corrected chi connectivity index (χ2v) is 4.41. The van der Waals surface area contributed by atoms with E-state index in [4.69, 9.17) is 21.4 Å². The molecule has 0 aliphatic heterocycles. The van der Waals surface area contributed by atoms with Crippen molar-refractivity contribution in [1.82, 2.24) is 15.1 Å². The molecule has 0 unspecified atom stereocenters. The zero-order chi connectivity index (χ0) is 13.9. The van der Waals surface area contributed by atoms with E-state index in [1.165, 1.54) is 6.20 Å². The average Bonchev–Trinajstić information content (AvgIpc) is 2.98. The monoisotopic (exact) mass is 282 g/mol. The molecule has 0 saturated heterocycles. The summed E-state index contributed by atoms with van der Waals surface area (Å²) in [6, 6.07) is 12.4. The van der Waals surface area contributed by atoms with Crippen molar-refractivity contribution in [3.05, 3.63) is 53.3 Å². The summed E-state index contributed by atoms with van der Waals surface area (Å²) in [7, 11) is 0. The lowest BCUT2D eigenvalue weighted by atomic mass is 10.2. The summed E-state index contributed by atoms with van der Waals surface area (Å²) >= 11 is 5.83. The highest BCUT2D eigenvalue weighted by molar-refractivity contribution is 6.30. The maximum Gasteiger partial charge on any atom is 0.258 e. The van der Waals surface area contributed by atoms with Crippen LogP contribution in [0.25, 0.3) is 22.8 Å². The van der Waals surface area contributed by atoms with Gasteiger partial charge in [-0.3, -0.25) is 0 Å². The molecule has 1 aromatic carbocycles. The Morgan fingerprint density at radius 3 is 2.65 bits per heavy atom. The lowest BCUT2D eigenvalue weighted by Gasteiger charge is -1.94. The van der Waals surface area contributed by atoms with E-state index in [0.29, 0.717) is 28.0 Å². The summed E-state index contributed by atoms with van der Waals surface area (Å²) in [4.78, 5) is 8.19. The Hall–Kier alpha value is -2.71. The van der Waals surface area contributed by atoms with Crippen molar-refractivity contribution < 1.29 is 4.52 Å². The maximum atomic E-state index is 8.83. The predicted octanol–water partition coefficient (Wildman–Crippen LogP) is 3.32. The van der Waals surface area contributed by atoms with Crippen molar-refractivity contribution in [3.63, 3.8) is 0 Å². The van der Waals surface area contributed by atoms with Crippen LogP contribution in [0.4, 0.5) is 0 Å². The van der Waals surface area contributed by atoms with Gasteiger partial charge in [0.15, 0.2) is 0 Å². The fourth-order valence-electron chi connectivity index (χ4n) is 1.68. The Morgan fingerprint density at radius 1 is 1.10 bits per heavy atom. The molecule has 96 valence electrons. The highest BCUT2D eigenvalue weighted by atomic mass is 35.5. The molecule has 0 amide bonds. The van der Waals surface area contributed by atoms with Crippen LogP contribution in [0.15, 0.2) is 47.1 Å². The van der Waals surface area contributed by atoms with Gasteiger partial charge in [0.25, 0.3) is 5.89 Å². The van der Waals surface area contributed by atoms with Crippen molar-refractivity contribution in [2.45, 2.75) is 0 Å². The molecule has 6 heteroatoms. The van der Waals surface area contributed by atoms with E-state index >= 15 is 0 Å². The molecule has 0 spiro atoms. The van der Waals surface area contributed by atoms with E-state index in [2.05, 4.69) is 15.1 Å². The minimum absolute atomic E-state index is 0.300. The van der Waals surface area contributed by atoms with Gasteiger partial charge in [0, 0.05) is 22.3 Å². The third-order valence-corrected chi connectivity index (χ3v) is 2.90. The predicted molar refractivity (Wildman–Crippen MR) is 72.7 cm³/mol. The molecule has 0 N–H and O–H groups in total. The summed E-state index contributed by atoms with van der Waals surface area (Å²) in [5.74, 6) is 0.806. The van der Waals surface area contributed by atoms with Crippen LogP contribution in [-0.2, 0) is 0 Å². The van der Waals surface area contributed by atoms with Crippen LogP contribution in [-0.4, -0.2) is 15.1 Å². The normalized spacial score (nSPS) is 10.2. The van der Waals surface area contributed by atoms with Crippen molar-refractivity contribution >= 4 is 11.6 Å². The molecule has 0 fully saturated rings. The van der Waals surface area contributed by atoms with E-state index in [-0.39, 0.29) is 0 Å². The Kier molecular flexibility index (Phi) is 3.15. The van der Waals surface area contributed by atoms with Gasteiger partial charge in [0.2, 0.25) is 5.82 Å². The molecule has 3 rings (SSSR count). The minimum atomic E-state index is 0.300. The number of pyridine rings is 1. The molecule has 2 aromatic heterocycles. The van der Waals surface area contributed by atoms with Crippen LogP contribution in [0.5, 0.6) is 0 Å². The molecule has 0 atom stereocenters. The fraction of sp³-hybridized carbons (Fsp3) is 0. The number of nitriles is 1. The van der Waals surface area contributed by atoms with Gasteiger partial charge in [-0.05, 0) is 36.4 Å². The van der Waals surface area contributed by atoms with E-state index < -0.39 is 0 Å². The Balaban J connectivity index is 1.97. The second-order valence-electron chi connectivity index (χ2n) is 3.97. The lowest BCUT2D eigenvalue weighted by molar-refractivity contribution is 0.432. The van der Waals surface area contributed by atoms with Gasteiger partial charge in [0.1, 0.15) is 11.8 Å². The molecule has 20 heavy (non-hydrogen) atoms. The number of aromatic nitrogens is 3. The molecule has 0 bridgehead atoms. The van der Waals surface area contributed by atoms with E-state index in [9.17, 15) is 0 Å². The first kappa shape index (κ1) is 12.3. The molecular formula is C14H7ClN4O. The summed E-state index contributed by atoms with van der Waals surface area (Å²) in [5, 5.41) is 13.4. The number of nitrogens with zero attached hydrogens (tertiary/aromatic N) is 4. The zero-order valence-electron chi connectivity index (χ0n) is 10.1. The number of halogens is 1. The first-order chi connectivity index (χ1) is 9.76. The summed E-state index contributed by atoms with van der Waals surface area (Å²) < 4.78 is 5.20. The number of rotatable bonds is 2. The van der Waals surface area contributed by atoms with Crippen LogP contribution in [0.1, 0.15) is 5.69 Å². The van der Waals surface area contributed by atoms with Gasteiger partial charge >= 0.3 is 0 Å². The molecule has 0 aliphatic carbocycles. The Bertz CT molecular complexity index is 789. The molecule has 0 radical (unpaired) electrons. The lowest BCUT2D eigenvalue weighted by Crippen LogP contribution is -1.84. The first-order valence-corrected chi connectivity index (χ1v) is 6.10. The molecule has 0 saturated carbocycles. The Labute approximate surface area is 119 Å². The third kappa shape index (κ3) is 2.37. The fourth-order valence-corrected chi connectivity index (χ4v) is 1.81. The highest BCUT2D eigenvalue weighted by Crippen LogP contribution is 2.23. The SMILES string of the molecule is N#Cc1cc(-c2nc(-c3ccc(Cl)cc3)no2)ccn1. The summed E-state index contributed by atoms with van der Waals surface area (Å²) in [6.45, 7) is 0. The number of hydrogen-bond donors (Lipinski definition) is 0. The highest BCUT2D eigenvalue weighted by Gasteiger charge is 2.11. The topological polar surface area (TPSA) is 75.6 Å². The minimum Gasteiger partial charge on any atom is -0.334 e. The van der Waals surface area contributed by atoms with E-state index in [0.717, 1.165) is 5.56 Å². The van der Waals surface area contributed by atoms with E-state index in [1.54, 1.807) is 24.3 Å². The number of hydrogen-bond acceptors (Lipinski definition) is 5. The van der Waals surface area contributed by atoms with Crippen molar-refractivity contribution in [1.29, 1.82) is 5.26 Å². The standard InChI is InChI=1S/C14H7ClN4O/c15-11-3-1-9(2-4-11)13-18-14(20-19-13)10-5-6-17-12(7-10)8-16/h1-7H. The van der Waals surface area contributed by atoms with Gasteiger partial charge in [-0.1, -0.05) is 16.8 Å². The molecule has 5 nitrogen and oxygen atoms in total. The van der Waals surface area contributed by atoms with E-state index in [1.807, 2.05) is 18.2 Å². The Morgan fingerprint density at radius 2 is 1.90 bits per heavy atom. The van der Waals surface area contributed by atoms with Crippen molar-refractivity contribution in [2.75, 3.05) is 0 Å². The maximum absolute atomic E-state index is 8.83. The quantitative estimate of drug-likeness (QED) is 0.720.